The number of hydrogen-bond donors (Lipinski definition) is 2. The number of anilines is 1. The number of amides is 2. The van der Waals surface area contributed by atoms with Gasteiger partial charge in [-0.25, -0.2) is 0 Å². The topological polar surface area (TPSA) is 142 Å². The van der Waals surface area contributed by atoms with Gasteiger partial charge in [-0.15, -0.1) is 10.2 Å². The molecule has 11 heteroatoms. The molecule has 2 N–H and O–H groups in total. The van der Waals surface area contributed by atoms with Crippen molar-refractivity contribution in [2.24, 2.45) is 10.2 Å². The predicted octanol–water partition coefficient (Wildman–Crippen LogP) is 3.95. The zero-order valence-corrected chi connectivity index (χ0v) is 17.7. The van der Waals surface area contributed by atoms with Crippen LogP contribution in [0.2, 0.25) is 0 Å². The van der Waals surface area contributed by atoms with Crippen LogP contribution in [0.3, 0.4) is 0 Å². The first-order valence-corrected chi connectivity index (χ1v) is 10.5. The first kappa shape index (κ1) is 22.1. The molecule has 1 aliphatic rings. The second-order valence-corrected chi connectivity index (χ2v) is 7.70. The number of hydrogen-bond acceptors (Lipinski definition) is 7. The molecule has 0 unspecified atom stereocenters. The molecule has 0 bridgehead atoms. The molecule has 1 aromatic heterocycles. The fourth-order valence-corrected chi connectivity index (χ4v) is 3.81. The van der Waals surface area contributed by atoms with Gasteiger partial charge in [-0.2, -0.15) is 0 Å². The Morgan fingerprint density at radius 1 is 1.06 bits per heavy atom. The van der Waals surface area contributed by atoms with Crippen molar-refractivity contribution >= 4 is 39.8 Å². The van der Waals surface area contributed by atoms with E-state index in [0.29, 0.717) is 12.1 Å². The molecule has 1 aliphatic heterocycles. The quantitative estimate of drug-likeness (QED) is 0.261. The lowest BCUT2D eigenvalue weighted by molar-refractivity contribution is -0.384. The Hall–Kier alpha value is -4.12. The molecular weight excluding hydrogens is 428 g/mol. The Bertz CT molecular complexity index is 1230. The number of nitro groups is 1. The van der Waals surface area contributed by atoms with Gasteiger partial charge in [0.05, 0.1) is 17.1 Å². The average molecular weight is 450 g/mol. The first-order valence-electron chi connectivity index (χ1n) is 10.5. The summed E-state index contributed by atoms with van der Waals surface area (Å²) in [5.41, 5.74) is 0.918. The summed E-state index contributed by atoms with van der Waals surface area (Å²) in [4.78, 5) is 36.7. The Morgan fingerprint density at radius 3 is 2.45 bits per heavy atom. The number of azo groups is 1. The number of para-hydroxylation sites is 1. The molecule has 0 spiro atoms. The van der Waals surface area contributed by atoms with Gasteiger partial charge >= 0.3 is 11.8 Å². The van der Waals surface area contributed by atoms with Gasteiger partial charge in [-0.05, 0) is 44.1 Å². The van der Waals surface area contributed by atoms with Gasteiger partial charge in [-0.1, -0.05) is 24.6 Å². The predicted molar refractivity (Wildman–Crippen MR) is 120 cm³/mol. The van der Waals surface area contributed by atoms with E-state index in [9.17, 15) is 24.8 Å². The van der Waals surface area contributed by atoms with Crippen molar-refractivity contribution in [3.63, 3.8) is 0 Å². The summed E-state index contributed by atoms with van der Waals surface area (Å²) >= 11 is 0. The second-order valence-electron chi connectivity index (χ2n) is 7.70. The normalized spacial score (nSPS) is 14.5. The van der Waals surface area contributed by atoms with Crippen molar-refractivity contribution in [2.45, 2.75) is 25.9 Å². The van der Waals surface area contributed by atoms with E-state index < -0.39 is 16.7 Å². The van der Waals surface area contributed by atoms with Crippen LogP contribution in [-0.2, 0) is 16.3 Å². The molecule has 170 valence electrons. The molecule has 0 atom stereocenters. The highest BCUT2D eigenvalue weighted by atomic mass is 16.6. The van der Waals surface area contributed by atoms with Crippen LogP contribution in [-0.4, -0.2) is 44.4 Å². The van der Waals surface area contributed by atoms with Crippen LogP contribution in [0, 0.1) is 10.1 Å². The van der Waals surface area contributed by atoms with Crippen LogP contribution in [0.4, 0.5) is 17.1 Å². The molecule has 0 aliphatic carbocycles. The third-order valence-corrected chi connectivity index (χ3v) is 5.48. The molecule has 2 aromatic carbocycles. The van der Waals surface area contributed by atoms with Crippen LogP contribution >= 0.6 is 0 Å². The number of benzene rings is 2. The molecule has 33 heavy (non-hydrogen) atoms. The van der Waals surface area contributed by atoms with Crippen molar-refractivity contribution in [3.8, 4) is 5.88 Å². The van der Waals surface area contributed by atoms with E-state index in [1.54, 1.807) is 16.7 Å². The number of fused-ring (bicyclic) bond motifs is 1. The number of piperidine rings is 1. The van der Waals surface area contributed by atoms with E-state index in [1.165, 1.54) is 30.7 Å². The van der Waals surface area contributed by atoms with E-state index in [1.807, 2.05) is 12.1 Å². The minimum Gasteiger partial charge on any atom is -0.493 e. The fraction of sp³-hybridized carbons (Fsp3) is 0.273. The Morgan fingerprint density at radius 2 is 1.76 bits per heavy atom. The minimum atomic E-state index is -1.17. The number of nitrogens with zero attached hydrogens (tertiary/aromatic N) is 5. The van der Waals surface area contributed by atoms with Gasteiger partial charge < -0.3 is 10.4 Å². The number of carbonyl (C=O) groups excluding carboxylic acids is 2. The lowest BCUT2D eigenvalue weighted by Gasteiger charge is -2.27. The molecule has 1 saturated heterocycles. The maximum atomic E-state index is 12.2. The summed E-state index contributed by atoms with van der Waals surface area (Å²) < 4.78 is 1.72. The lowest BCUT2D eigenvalue weighted by atomic mass is 10.1. The molecule has 2 amide bonds. The monoisotopic (exact) mass is 450 g/mol. The fourth-order valence-electron chi connectivity index (χ4n) is 3.81. The van der Waals surface area contributed by atoms with E-state index in [2.05, 4.69) is 20.4 Å². The second kappa shape index (κ2) is 9.57. The van der Waals surface area contributed by atoms with Crippen LogP contribution in [0.1, 0.15) is 19.3 Å². The number of nitro benzene ring substituents is 1. The molecule has 2 heterocycles. The van der Waals surface area contributed by atoms with Crippen molar-refractivity contribution in [1.29, 1.82) is 0 Å². The van der Waals surface area contributed by atoms with Crippen molar-refractivity contribution < 1.29 is 19.6 Å². The number of aromatic nitrogens is 1. The van der Waals surface area contributed by atoms with E-state index in [-0.39, 0.29) is 22.9 Å². The molecule has 1 fully saturated rings. The van der Waals surface area contributed by atoms with Gasteiger partial charge in [0.2, 0.25) is 5.88 Å². The number of carbonyl (C=O) groups is 2. The molecule has 0 radical (unpaired) electrons. The number of rotatable bonds is 5. The molecular formula is C22H22N6O5. The Kier molecular flexibility index (Phi) is 6.41. The van der Waals surface area contributed by atoms with Crippen LogP contribution in [0.15, 0.2) is 58.8 Å². The lowest BCUT2D eigenvalue weighted by Crippen LogP contribution is -2.31. The van der Waals surface area contributed by atoms with E-state index >= 15 is 0 Å². The van der Waals surface area contributed by atoms with Crippen LogP contribution in [0.25, 0.3) is 10.9 Å². The van der Waals surface area contributed by atoms with Crippen LogP contribution in [0.5, 0.6) is 5.88 Å². The van der Waals surface area contributed by atoms with E-state index in [0.717, 1.165) is 31.4 Å². The molecule has 4 rings (SSSR count). The van der Waals surface area contributed by atoms with Gasteiger partial charge in [0, 0.05) is 23.2 Å². The summed E-state index contributed by atoms with van der Waals surface area (Å²) in [5, 5.41) is 31.8. The summed E-state index contributed by atoms with van der Waals surface area (Å²) in [6.07, 6.45) is 3.40. The highest BCUT2D eigenvalue weighted by molar-refractivity contribution is 6.40. The van der Waals surface area contributed by atoms with Crippen molar-refractivity contribution in [3.05, 3.63) is 58.6 Å². The number of non-ortho nitro benzene ring substituents is 1. The minimum absolute atomic E-state index is 0.110. The van der Waals surface area contributed by atoms with Crippen molar-refractivity contribution in [1.82, 2.24) is 9.47 Å². The van der Waals surface area contributed by atoms with E-state index in [4.69, 9.17) is 0 Å². The Labute approximate surface area is 188 Å². The number of aromatic hydroxyl groups is 1. The van der Waals surface area contributed by atoms with Gasteiger partial charge in [0.25, 0.3) is 5.69 Å². The van der Waals surface area contributed by atoms with Crippen LogP contribution < -0.4 is 5.32 Å². The van der Waals surface area contributed by atoms with Gasteiger partial charge in [0.15, 0.2) is 5.69 Å². The third-order valence-electron chi connectivity index (χ3n) is 5.48. The average Bonchev–Trinajstić information content (AvgIpc) is 3.09. The zero-order valence-electron chi connectivity index (χ0n) is 17.7. The molecule has 11 nitrogen and oxygen atoms in total. The SMILES string of the molecule is O=C(N=Nc1c(O)n(CN2CCCCC2)c2ccccc12)C(=O)Nc1ccc([N+](=O)[O-])cc1. The number of likely N-dealkylation sites (tertiary alicyclic amines) is 1. The smallest absolute Gasteiger partial charge is 0.353 e. The maximum Gasteiger partial charge on any atom is 0.353 e. The zero-order chi connectivity index (χ0) is 23.4. The van der Waals surface area contributed by atoms with Crippen molar-refractivity contribution in [2.75, 3.05) is 18.4 Å². The summed E-state index contributed by atoms with van der Waals surface area (Å²) in [5.74, 6) is -2.35. The highest BCUT2D eigenvalue weighted by Crippen LogP contribution is 2.39. The Balaban J connectivity index is 1.52. The molecule has 3 aromatic rings. The summed E-state index contributed by atoms with van der Waals surface area (Å²) in [6.45, 7) is 2.35. The molecule has 0 saturated carbocycles. The van der Waals surface area contributed by atoms with Gasteiger partial charge in [0.1, 0.15) is 0 Å². The maximum absolute atomic E-state index is 12.2. The number of nitrogens with one attached hydrogen (secondary N) is 1. The largest absolute Gasteiger partial charge is 0.493 e. The summed E-state index contributed by atoms with van der Waals surface area (Å²) in [7, 11) is 0. The summed E-state index contributed by atoms with van der Waals surface area (Å²) in [6, 6.07) is 12.3. The first-order chi connectivity index (χ1) is 15.9. The third kappa shape index (κ3) is 4.88. The van der Waals surface area contributed by atoms with Gasteiger partial charge in [-0.3, -0.25) is 29.2 Å². The highest BCUT2D eigenvalue weighted by Gasteiger charge is 2.21. The standard InChI is InChI=1S/C22H22N6O5/c29-20(23-15-8-10-16(11-9-15)28(32)33)21(30)25-24-19-17-6-2-3-7-18(17)27(22(19)31)14-26-12-4-1-5-13-26/h2-3,6-11,31H,1,4-5,12-14H2,(H,23,29).